The molecule has 1 aliphatic rings. The number of fused-ring (bicyclic) bond motifs is 1. The number of aromatic nitrogens is 3. The van der Waals surface area contributed by atoms with Crippen molar-refractivity contribution in [1.82, 2.24) is 14.5 Å². The van der Waals surface area contributed by atoms with Crippen molar-refractivity contribution >= 4 is 52.6 Å². The molecule has 1 atom stereocenters. The smallest absolute Gasteiger partial charge is 0.338 e. The van der Waals surface area contributed by atoms with Gasteiger partial charge in [0.05, 0.1) is 33.4 Å². The maximum absolute atomic E-state index is 14.0. The number of nitro benzene ring substituents is 1. The number of non-ortho nitro benzene ring substituents is 1. The SMILES string of the molecule is CCOC(=O)C1=C(C)N=c2s/c(=C/c3cc([N+](=O)[O-])ccc3Sc3ncccn3)c(=O)n2[C@H]1c1ccc(SC)cc1. The summed E-state index contributed by atoms with van der Waals surface area (Å²) < 4.78 is 7.16. The Labute approximate surface area is 246 Å². The normalized spacial score (nSPS) is 14.9. The molecule has 0 unspecified atom stereocenters. The quantitative estimate of drug-likeness (QED) is 0.0945. The van der Waals surface area contributed by atoms with Gasteiger partial charge in [-0.25, -0.2) is 19.8 Å². The molecule has 0 saturated carbocycles. The van der Waals surface area contributed by atoms with Crippen LogP contribution in [0, 0.1) is 10.1 Å². The van der Waals surface area contributed by atoms with E-state index >= 15 is 0 Å². The zero-order valence-corrected chi connectivity index (χ0v) is 24.6. The van der Waals surface area contributed by atoms with Crippen LogP contribution >= 0.6 is 34.9 Å². The molecule has 208 valence electrons. The predicted octanol–water partition coefficient (Wildman–Crippen LogP) is 4.37. The Balaban J connectivity index is 1.70. The number of thiazole rings is 1. The van der Waals surface area contributed by atoms with Crippen molar-refractivity contribution in [2.75, 3.05) is 12.9 Å². The van der Waals surface area contributed by atoms with Crippen LogP contribution in [-0.4, -0.2) is 38.3 Å². The first-order valence-corrected chi connectivity index (χ1v) is 15.2. The molecular weight excluding hydrogens is 583 g/mol. The predicted molar refractivity (Wildman–Crippen MR) is 158 cm³/mol. The summed E-state index contributed by atoms with van der Waals surface area (Å²) in [5.74, 6) is -0.540. The van der Waals surface area contributed by atoms with E-state index < -0.39 is 16.9 Å². The highest BCUT2D eigenvalue weighted by Crippen LogP contribution is 2.33. The van der Waals surface area contributed by atoms with Gasteiger partial charge in [-0.05, 0) is 73.3 Å². The second-order valence-corrected chi connectivity index (χ2v) is 11.6. The van der Waals surface area contributed by atoms with Crippen LogP contribution in [0.15, 0.2) is 96.9 Å². The first-order chi connectivity index (χ1) is 19.8. The highest BCUT2D eigenvalue weighted by Gasteiger charge is 2.33. The van der Waals surface area contributed by atoms with Gasteiger partial charge in [-0.2, -0.15) is 0 Å². The van der Waals surface area contributed by atoms with Gasteiger partial charge in [0.1, 0.15) is 0 Å². The van der Waals surface area contributed by atoms with E-state index in [1.807, 2.05) is 30.5 Å². The zero-order valence-electron chi connectivity index (χ0n) is 22.1. The molecule has 1 aliphatic heterocycles. The van der Waals surface area contributed by atoms with Gasteiger partial charge in [-0.1, -0.05) is 23.5 Å². The summed E-state index contributed by atoms with van der Waals surface area (Å²) in [4.78, 5) is 53.3. The number of thioether (sulfide) groups is 1. The van der Waals surface area contributed by atoms with Gasteiger partial charge in [0.25, 0.3) is 11.2 Å². The third-order valence-electron chi connectivity index (χ3n) is 6.18. The van der Waals surface area contributed by atoms with Crippen LogP contribution in [0.4, 0.5) is 5.69 Å². The number of nitro groups is 1. The molecule has 0 spiro atoms. The van der Waals surface area contributed by atoms with Crippen LogP contribution in [0.3, 0.4) is 0 Å². The van der Waals surface area contributed by atoms with Crippen molar-refractivity contribution in [3.8, 4) is 0 Å². The molecular formula is C28H23N5O5S3. The fourth-order valence-electron chi connectivity index (χ4n) is 4.33. The second-order valence-electron chi connectivity index (χ2n) is 8.69. The van der Waals surface area contributed by atoms with Gasteiger partial charge < -0.3 is 4.74 Å². The molecule has 2 aromatic carbocycles. The minimum Gasteiger partial charge on any atom is -0.463 e. The Morgan fingerprint density at radius 2 is 1.93 bits per heavy atom. The zero-order chi connectivity index (χ0) is 29.1. The van der Waals surface area contributed by atoms with Gasteiger partial charge in [0.15, 0.2) is 9.96 Å². The number of allylic oxidation sites excluding steroid dienone is 1. The van der Waals surface area contributed by atoms with Gasteiger partial charge >= 0.3 is 5.97 Å². The highest BCUT2D eigenvalue weighted by molar-refractivity contribution is 7.99. The number of hydrogen-bond donors (Lipinski definition) is 0. The van der Waals surface area contributed by atoms with Crippen LogP contribution in [0.1, 0.15) is 31.0 Å². The second kappa shape index (κ2) is 12.2. The number of nitrogens with zero attached hydrogens (tertiary/aromatic N) is 5. The summed E-state index contributed by atoms with van der Waals surface area (Å²) in [5.41, 5.74) is 1.46. The van der Waals surface area contributed by atoms with Crippen molar-refractivity contribution in [3.63, 3.8) is 0 Å². The highest BCUT2D eigenvalue weighted by atomic mass is 32.2. The van der Waals surface area contributed by atoms with Crippen LogP contribution in [0.25, 0.3) is 6.08 Å². The Kier molecular flexibility index (Phi) is 8.47. The fourth-order valence-corrected chi connectivity index (χ4v) is 6.57. The van der Waals surface area contributed by atoms with Crippen molar-refractivity contribution in [2.24, 2.45) is 4.99 Å². The number of carbonyl (C=O) groups excluding carboxylic acids is 1. The van der Waals surface area contributed by atoms with Gasteiger partial charge in [0.2, 0.25) is 0 Å². The van der Waals surface area contributed by atoms with E-state index in [1.165, 1.54) is 28.5 Å². The maximum Gasteiger partial charge on any atom is 0.338 e. The number of carbonyl (C=O) groups is 1. The molecule has 3 heterocycles. The van der Waals surface area contributed by atoms with Crippen molar-refractivity contribution in [1.29, 1.82) is 0 Å². The molecule has 0 fully saturated rings. The summed E-state index contributed by atoms with van der Waals surface area (Å²) >= 11 is 3.97. The molecule has 0 radical (unpaired) electrons. The third kappa shape index (κ3) is 5.87. The maximum atomic E-state index is 14.0. The van der Waals surface area contributed by atoms with E-state index in [0.29, 0.717) is 30.6 Å². The molecule has 2 aromatic heterocycles. The molecule has 41 heavy (non-hydrogen) atoms. The lowest BCUT2D eigenvalue weighted by Crippen LogP contribution is -2.39. The summed E-state index contributed by atoms with van der Waals surface area (Å²) in [6.45, 7) is 3.62. The molecule has 10 nitrogen and oxygen atoms in total. The third-order valence-corrected chi connectivity index (χ3v) is 8.89. The minimum atomic E-state index is -0.750. The van der Waals surface area contributed by atoms with Crippen LogP contribution in [0.5, 0.6) is 0 Å². The summed E-state index contributed by atoms with van der Waals surface area (Å²) in [6, 6.07) is 13.0. The first-order valence-electron chi connectivity index (χ1n) is 12.4. The van der Waals surface area contributed by atoms with E-state index in [-0.39, 0.29) is 23.4 Å². The van der Waals surface area contributed by atoms with Crippen LogP contribution in [-0.2, 0) is 9.53 Å². The Morgan fingerprint density at radius 1 is 1.20 bits per heavy atom. The van der Waals surface area contributed by atoms with Gasteiger partial charge in [-0.3, -0.25) is 19.5 Å². The monoisotopic (exact) mass is 605 g/mol. The largest absolute Gasteiger partial charge is 0.463 e. The molecule has 0 N–H and O–H groups in total. The molecule has 0 aliphatic carbocycles. The molecule has 5 rings (SSSR count). The average Bonchev–Trinajstić information content (AvgIpc) is 3.27. The summed E-state index contributed by atoms with van der Waals surface area (Å²) in [5, 5.41) is 12.0. The Hall–Kier alpha value is -4.07. The molecule has 0 amide bonds. The van der Waals surface area contributed by atoms with E-state index in [1.54, 1.807) is 56.2 Å². The van der Waals surface area contributed by atoms with E-state index in [0.717, 1.165) is 21.8 Å². The topological polar surface area (TPSA) is 130 Å². The van der Waals surface area contributed by atoms with Gasteiger partial charge in [-0.15, -0.1) is 11.8 Å². The number of esters is 1. The van der Waals surface area contributed by atoms with Crippen LogP contribution < -0.4 is 14.9 Å². The number of benzene rings is 2. The van der Waals surface area contributed by atoms with Crippen LogP contribution in [0.2, 0.25) is 0 Å². The number of ether oxygens (including phenoxy) is 1. The average molecular weight is 606 g/mol. The van der Waals surface area contributed by atoms with Crippen molar-refractivity contribution in [3.05, 3.63) is 113 Å². The molecule has 13 heteroatoms. The lowest BCUT2D eigenvalue weighted by molar-refractivity contribution is -0.384. The minimum absolute atomic E-state index is 0.116. The van der Waals surface area contributed by atoms with E-state index in [4.69, 9.17) is 4.74 Å². The Morgan fingerprint density at radius 3 is 2.59 bits per heavy atom. The lowest BCUT2D eigenvalue weighted by atomic mass is 9.96. The Bertz CT molecular complexity index is 1850. The van der Waals surface area contributed by atoms with E-state index in [9.17, 15) is 19.7 Å². The molecule has 0 saturated heterocycles. The van der Waals surface area contributed by atoms with Crippen molar-refractivity contribution < 1.29 is 14.5 Å². The standard InChI is InChI=1S/C28H23N5O5S3/c1-4-38-26(35)23-16(2)31-28-32(24(23)17-6-9-20(39-3)10-7-17)25(34)22(41-28)15-18-14-19(33(36)37)8-11-21(18)40-27-29-12-5-13-30-27/h5-15,24H,4H2,1-3H3/b22-15+/t24-/m0/s1. The van der Waals surface area contributed by atoms with Crippen molar-refractivity contribution in [2.45, 2.75) is 34.8 Å². The fraction of sp³-hybridized carbons (Fsp3) is 0.179. The van der Waals surface area contributed by atoms with E-state index in [2.05, 4.69) is 15.0 Å². The number of hydrogen-bond acceptors (Lipinski definition) is 11. The molecule has 0 bridgehead atoms. The first kappa shape index (κ1) is 28.5. The summed E-state index contributed by atoms with van der Waals surface area (Å²) in [6.07, 6.45) is 6.79. The lowest BCUT2D eigenvalue weighted by Gasteiger charge is -2.24. The molecule has 4 aromatic rings. The summed E-state index contributed by atoms with van der Waals surface area (Å²) in [7, 11) is 0. The number of rotatable bonds is 8. The van der Waals surface area contributed by atoms with Gasteiger partial charge in [0, 0.05) is 34.3 Å².